The molecule has 0 saturated carbocycles. The first-order chi connectivity index (χ1) is 14.3. The highest BCUT2D eigenvalue weighted by molar-refractivity contribution is 6.10. The summed E-state index contributed by atoms with van der Waals surface area (Å²) >= 11 is 0. The van der Waals surface area contributed by atoms with Crippen LogP contribution in [-0.2, 0) is 11.2 Å². The van der Waals surface area contributed by atoms with E-state index in [4.69, 9.17) is 4.99 Å². The standard InChI is InChI=1S/C24H29FN4O/c1-23(2,3)28-22-24(27-20-12-7-6-11-19(20)26-22)13-8-14-29(16-24)21(30)15-17-9-4-5-10-18(17)25/h4-7,9-12,27H,8,13-16H2,1-3H3,(H,26,28)/t24-/m0/s1. The lowest BCUT2D eigenvalue weighted by atomic mass is 9.84. The number of piperidine rings is 1. The molecule has 4 rings (SSSR count). The first-order valence-corrected chi connectivity index (χ1v) is 10.5. The number of rotatable bonds is 2. The molecule has 6 heteroatoms. The number of aliphatic imine (C=N–C) groups is 1. The van der Waals surface area contributed by atoms with Gasteiger partial charge in [0.15, 0.2) is 0 Å². The molecule has 2 aromatic carbocycles. The highest BCUT2D eigenvalue weighted by Crippen LogP contribution is 2.37. The highest BCUT2D eigenvalue weighted by atomic mass is 19.1. The molecule has 0 radical (unpaired) electrons. The van der Waals surface area contributed by atoms with Gasteiger partial charge in [0, 0.05) is 6.54 Å². The van der Waals surface area contributed by atoms with E-state index >= 15 is 0 Å². The van der Waals surface area contributed by atoms with E-state index < -0.39 is 5.54 Å². The van der Waals surface area contributed by atoms with E-state index in [9.17, 15) is 9.18 Å². The number of nitrogens with zero attached hydrogens (tertiary/aromatic N) is 2. The van der Waals surface area contributed by atoms with E-state index in [0.717, 1.165) is 30.1 Å². The molecule has 2 heterocycles. The van der Waals surface area contributed by atoms with Crippen molar-refractivity contribution in [3.63, 3.8) is 0 Å². The molecule has 158 valence electrons. The van der Waals surface area contributed by atoms with Gasteiger partial charge < -0.3 is 15.5 Å². The fraction of sp³-hybridized carbons (Fsp3) is 0.417. The lowest BCUT2D eigenvalue weighted by molar-refractivity contribution is -0.131. The molecule has 1 atom stereocenters. The van der Waals surface area contributed by atoms with Crippen molar-refractivity contribution in [2.45, 2.75) is 51.1 Å². The number of hydrogen-bond acceptors (Lipinski definition) is 3. The number of fused-ring (bicyclic) bond motifs is 1. The zero-order valence-electron chi connectivity index (χ0n) is 17.8. The Morgan fingerprint density at radius 3 is 2.57 bits per heavy atom. The number of halogens is 1. The average molecular weight is 409 g/mol. The van der Waals surface area contributed by atoms with Gasteiger partial charge in [-0.2, -0.15) is 0 Å². The van der Waals surface area contributed by atoms with Gasteiger partial charge in [0.2, 0.25) is 5.91 Å². The van der Waals surface area contributed by atoms with Gasteiger partial charge in [0.05, 0.1) is 29.9 Å². The zero-order valence-corrected chi connectivity index (χ0v) is 17.8. The largest absolute Gasteiger partial charge is 0.370 e. The number of nitrogens with one attached hydrogen (secondary N) is 2. The summed E-state index contributed by atoms with van der Waals surface area (Å²) in [5.41, 5.74) is 1.69. The van der Waals surface area contributed by atoms with Crippen LogP contribution in [-0.4, -0.2) is 40.8 Å². The van der Waals surface area contributed by atoms with Gasteiger partial charge in [0.25, 0.3) is 0 Å². The molecular formula is C24H29FN4O. The SMILES string of the molecule is CC(C)(C)N=C1Nc2ccccc2N[C@]12CCCN(C(=O)Cc1ccccc1F)C2. The van der Waals surface area contributed by atoms with E-state index in [1.165, 1.54) is 6.07 Å². The van der Waals surface area contributed by atoms with Crippen LogP contribution < -0.4 is 10.6 Å². The molecular weight excluding hydrogens is 379 g/mol. The number of carbonyl (C=O) groups excluding carboxylic acids is 1. The predicted molar refractivity (Wildman–Crippen MR) is 120 cm³/mol. The maximum atomic E-state index is 14.1. The monoisotopic (exact) mass is 408 g/mol. The fourth-order valence-corrected chi connectivity index (χ4v) is 4.22. The number of carbonyl (C=O) groups is 1. The minimum atomic E-state index is -0.481. The number of anilines is 2. The summed E-state index contributed by atoms with van der Waals surface area (Å²) in [6.07, 6.45) is 1.79. The maximum absolute atomic E-state index is 14.1. The second-order valence-electron chi connectivity index (χ2n) is 9.20. The number of hydrogen-bond donors (Lipinski definition) is 2. The Labute approximate surface area is 177 Å². The van der Waals surface area contributed by atoms with Crippen LogP contribution in [0.3, 0.4) is 0 Å². The van der Waals surface area contributed by atoms with Crippen molar-refractivity contribution in [2.24, 2.45) is 4.99 Å². The van der Waals surface area contributed by atoms with E-state index in [0.29, 0.717) is 18.7 Å². The van der Waals surface area contributed by atoms with Crippen molar-refractivity contribution in [3.8, 4) is 0 Å². The number of para-hydroxylation sites is 2. The third-order valence-electron chi connectivity index (χ3n) is 5.60. The van der Waals surface area contributed by atoms with Crippen molar-refractivity contribution >= 4 is 23.1 Å². The molecule has 1 amide bonds. The van der Waals surface area contributed by atoms with Gasteiger partial charge in [-0.25, -0.2) is 4.39 Å². The van der Waals surface area contributed by atoms with Crippen molar-refractivity contribution in [1.29, 1.82) is 0 Å². The van der Waals surface area contributed by atoms with Crippen LogP contribution in [0.5, 0.6) is 0 Å². The third kappa shape index (κ3) is 4.18. The van der Waals surface area contributed by atoms with Crippen LogP contribution in [0, 0.1) is 5.82 Å². The normalized spacial score (nSPS) is 22.4. The van der Waals surface area contributed by atoms with E-state index in [1.54, 1.807) is 18.2 Å². The summed E-state index contributed by atoms with van der Waals surface area (Å²) in [4.78, 5) is 19.9. The minimum Gasteiger partial charge on any atom is -0.370 e. The van der Waals surface area contributed by atoms with Crippen molar-refractivity contribution < 1.29 is 9.18 Å². The van der Waals surface area contributed by atoms with E-state index in [1.807, 2.05) is 29.2 Å². The quantitative estimate of drug-likeness (QED) is 0.771. The number of benzene rings is 2. The lowest BCUT2D eigenvalue weighted by Crippen LogP contribution is -2.63. The Hall–Kier alpha value is -2.89. The first kappa shape index (κ1) is 20.4. The third-order valence-corrected chi connectivity index (χ3v) is 5.60. The Kier molecular flexibility index (Phi) is 5.26. The second kappa shape index (κ2) is 7.74. The summed E-state index contributed by atoms with van der Waals surface area (Å²) in [5, 5.41) is 7.21. The van der Waals surface area contributed by atoms with E-state index in [2.05, 4.69) is 31.4 Å². The average Bonchev–Trinajstić information content (AvgIpc) is 2.69. The number of amidine groups is 1. The Bertz CT molecular complexity index is 981. The lowest BCUT2D eigenvalue weighted by Gasteiger charge is -2.48. The summed E-state index contributed by atoms with van der Waals surface area (Å²) in [5.74, 6) is 0.464. The Balaban J connectivity index is 1.63. The van der Waals surface area contributed by atoms with Crippen LogP contribution in [0.4, 0.5) is 15.8 Å². The number of likely N-dealkylation sites (tertiary alicyclic amines) is 1. The molecule has 2 aromatic rings. The van der Waals surface area contributed by atoms with E-state index in [-0.39, 0.29) is 23.7 Å². The number of amides is 1. The van der Waals surface area contributed by atoms with Crippen molar-refractivity contribution in [1.82, 2.24) is 4.90 Å². The van der Waals surface area contributed by atoms with Crippen LogP contribution in [0.1, 0.15) is 39.2 Å². The van der Waals surface area contributed by atoms with Gasteiger partial charge >= 0.3 is 0 Å². The Morgan fingerprint density at radius 2 is 1.83 bits per heavy atom. The molecule has 1 spiro atoms. The molecule has 0 aromatic heterocycles. The van der Waals surface area contributed by atoms with Crippen LogP contribution >= 0.6 is 0 Å². The highest BCUT2D eigenvalue weighted by Gasteiger charge is 2.45. The fourth-order valence-electron chi connectivity index (χ4n) is 4.22. The predicted octanol–water partition coefficient (Wildman–Crippen LogP) is 4.46. The van der Waals surface area contributed by atoms with Gasteiger partial charge in [-0.05, 0) is 57.4 Å². The molecule has 2 aliphatic heterocycles. The summed E-state index contributed by atoms with van der Waals surface area (Å²) in [7, 11) is 0. The van der Waals surface area contributed by atoms with Crippen LogP contribution in [0.25, 0.3) is 0 Å². The summed E-state index contributed by atoms with van der Waals surface area (Å²) < 4.78 is 14.1. The minimum absolute atomic E-state index is 0.0602. The molecule has 0 aliphatic carbocycles. The maximum Gasteiger partial charge on any atom is 0.227 e. The van der Waals surface area contributed by atoms with Gasteiger partial charge in [-0.3, -0.25) is 9.79 Å². The van der Waals surface area contributed by atoms with Gasteiger partial charge in [0.1, 0.15) is 17.2 Å². The van der Waals surface area contributed by atoms with Crippen molar-refractivity contribution in [3.05, 3.63) is 59.9 Å². The summed E-state index contributed by atoms with van der Waals surface area (Å²) in [6, 6.07) is 14.5. The molecule has 2 N–H and O–H groups in total. The summed E-state index contributed by atoms with van der Waals surface area (Å²) in [6.45, 7) is 7.37. The zero-order chi connectivity index (χ0) is 21.4. The van der Waals surface area contributed by atoms with Crippen molar-refractivity contribution in [2.75, 3.05) is 23.7 Å². The molecule has 2 aliphatic rings. The molecule has 1 fully saturated rings. The molecule has 0 unspecified atom stereocenters. The van der Waals surface area contributed by atoms with Crippen LogP contribution in [0.15, 0.2) is 53.5 Å². The second-order valence-corrected chi connectivity index (χ2v) is 9.20. The molecule has 30 heavy (non-hydrogen) atoms. The topological polar surface area (TPSA) is 56.7 Å². The first-order valence-electron chi connectivity index (χ1n) is 10.5. The molecule has 1 saturated heterocycles. The molecule has 0 bridgehead atoms. The smallest absolute Gasteiger partial charge is 0.227 e. The van der Waals surface area contributed by atoms with Crippen LogP contribution in [0.2, 0.25) is 0 Å². The van der Waals surface area contributed by atoms with Gasteiger partial charge in [-0.1, -0.05) is 30.3 Å². The molecule has 5 nitrogen and oxygen atoms in total. The van der Waals surface area contributed by atoms with Gasteiger partial charge in [-0.15, -0.1) is 0 Å². The Morgan fingerprint density at radius 1 is 1.13 bits per heavy atom.